The molecule has 2 aromatic rings. The van der Waals surface area contributed by atoms with Crippen molar-refractivity contribution in [2.75, 3.05) is 0 Å². The van der Waals surface area contributed by atoms with E-state index in [4.69, 9.17) is 5.26 Å². The quantitative estimate of drug-likeness (QED) is 0.815. The van der Waals surface area contributed by atoms with Crippen molar-refractivity contribution in [1.82, 2.24) is 4.98 Å². The molecule has 0 aliphatic rings. The molecule has 1 atom stereocenters. The van der Waals surface area contributed by atoms with E-state index >= 15 is 0 Å². The summed E-state index contributed by atoms with van der Waals surface area (Å²) in [4.78, 5) is 14.1. The molecule has 3 nitrogen and oxygen atoms in total. The Balaban J connectivity index is 0.000000686. The van der Waals surface area contributed by atoms with Gasteiger partial charge in [-0.1, -0.05) is 32.0 Å². The fraction of sp³-hybridized carbons (Fsp3) is 0.286. The van der Waals surface area contributed by atoms with Crippen LogP contribution in [0.25, 0.3) is 10.9 Å². The second kappa shape index (κ2) is 5.86. The van der Waals surface area contributed by atoms with E-state index in [9.17, 15) is 4.79 Å². The molecule has 0 radical (unpaired) electrons. The van der Waals surface area contributed by atoms with Gasteiger partial charge in [-0.3, -0.25) is 4.79 Å². The zero-order valence-electron chi connectivity index (χ0n) is 10.3. The monoisotopic (exact) mass is 228 g/mol. The average Bonchev–Trinajstić information content (AvgIpc) is 2.39. The van der Waals surface area contributed by atoms with Gasteiger partial charge in [0.1, 0.15) is 0 Å². The van der Waals surface area contributed by atoms with Gasteiger partial charge in [0.25, 0.3) is 0 Å². The maximum absolute atomic E-state index is 11.4. The van der Waals surface area contributed by atoms with E-state index in [1.54, 1.807) is 6.92 Å². The van der Waals surface area contributed by atoms with E-state index in [1.165, 1.54) is 6.07 Å². The molecule has 2 rings (SSSR count). The highest BCUT2D eigenvalue weighted by molar-refractivity contribution is 5.82. The predicted octanol–water partition coefficient (Wildman–Crippen LogP) is 3.18. The van der Waals surface area contributed by atoms with Crippen molar-refractivity contribution in [3.8, 4) is 6.07 Å². The van der Waals surface area contributed by atoms with Crippen molar-refractivity contribution in [3.05, 3.63) is 46.2 Å². The highest BCUT2D eigenvalue weighted by atomic mass is 16.1. The van der Waals surface area contributed by atoms with Crippen LogP contribution < -0.4 is 5.56 Å². The fourth-order valence-corrected chi connectivity index (χ4v) is 1.66. The number of nitrogens with one attached hydrogen (secondary N) is 1. The van der Waals surface area contributed by atoms with Crippen LogP contribution in [0.15, 0.2) is 35.1 Å². The Bertz CT molecular complexity index is 593. The summed E-state index contributed by atoms with van der Waals surface area (Å²) in [5.41, 5.74) is 1.41. The van der Waals surface area contributed by atoms with E-state index < -0.39 is 0 Å². The smallest absolute Gasteiger partial charge is 0.248 e. The third-order valence-electron chi connectivity index (χ3n) is 2.44. The molecule has 1 unspecified atom stereocenters. The molecule has 1 aromatic carbocycles. The molecule has 1 heterocycles. The summed E-state index contributed by atoms with van der Waals surface area (Å²) in [7, 11) is 0. The molecular formula is C14H16N2O. The largest absolute Gasteiger partial charge is 0.322 e. The van der Waals surface area contributed by atoms with Crippen LogP contribution in [0.3, 0.4) is 0 Å². The molecule has 0 amide bonds. The Hall–Kier alpha value is -2.08. The predicted molar refractivity (Wildman–Crippen MR) is 69.9 cm³/mol. The first-order valence-corrected chi connectivity index (χ1v) is 5.74. The molecule has 1 N–H and O–H groups in total. The maximum Gasteiger partial charge on any atom is 0.248 e. The first-order valence-electron chi connectivity index (χ1n) is 5.74. The van der Waals surface area contributed by atoms with E-state index in [1.807, 2.05) is 38.1 Å². The number of nitrogens with zero attached hydrogens (tertiary/aromatic N) is 1. The maximum atomic E-state index is 11.4. The van der Waals surface area contributed by atoms with E-state index in [0.29, 0.717) is 0 Å². The van der Waals surface area contributed by atoms with Gasteiger partial charge >= 0.3 is 0 Å². The third kappa shape index (κ3) is 2.73. The Morgan fingerprint density at radius 3 is 2.59 bits per heavy atom. The molecule has 0 saturated heterocycles. The number of hydrogen-bond donors (Lipinski definition) is 1. The molecule has 3 heteroatoms. The zero-order valence-corrected chi connectivity index (χ0v) is 10.3. The second-order valence-electron chi connectivity index (χ2n) is 3.49. The van der Waals surface area contributed by atoms with E-state index in [0.717, 1.165) is 16.5 Å². The SMILES string of the molecule is CC.CC(C#N)c1cc(=O)[nH]c2ccccc12. The minimum atomic E-state index is -0.266. The Kier molecular flexibility index (Phi) is 4.47. The normalized spacial score (nSPS) is 11.2. The van der Waals surface area contributed by atoms with Crippen molar-refractivity contribution in [1.29, 1.82) is 5.26 Å². The van der Waals surface area contributed by atoms with Crippen LogP contribution in [-0.4, -0.2) is 4.98 Å². The van der Waals surface area contributed by atoms with Crippen LogP contribution in [0, 0.1) is 11.3 Å². The van der Waals surface area contributed by atoms with Gasteiger partial charge in [-0.05, 0) is 18.6 Å². The highest BCUT2D eigenvalue weighted by Crippen LogP contribution is 2.21. The lowest BCUT2D eigenvalue weighted by Gasteiger charge is -2.06. The molecule has 0 saturated carbocycles. The number of benzene rings is 1. The number of aromatic amines is 1. The van der Waals surface area contributed by atoms with Gasteiger partial charge in [0.05, 0.1) is 12.0 Å². The van der Waals surface area contributed by atoms with Crippen molar-refractivity contribution < 1.29 is 0 Å². The number of aromatic nitrogens is 1. The van der Waals surface area contributed by atoms with Crippen LogP contribution in [0.2, 0.25) is 0 Å². The zero-order chi connectivity index (χ0) is 12.8. The number of para-hydroxylation sites is 1. The molecule has 0 fully saturated rings. The third-order valence-corrected chi connectivity index (χ3v) is 2.44. The summed E-state index contributed by atoms with van der Waals surface area (Å²) >= 11 is 0. The lowest BCUT2D eigenvalue weighted by atomic mass is 9.99. The van der Waals surface area contributed by atoms with Gasteiger partial charge in [-0.2, -0.15) is 5.26 Å². The number of fused-ring (bicyclic) bond motifs is 1. The molecule has 17 heavy (non-hydrogen) atoms. The van der Waals surface area contributed by atoms with Crippen molar-refractivity contribution in [3.63, 3.8) is 0 Å². The number of rotatable bonds is 1. The first-order chi connectivity index (χ1) is 8.22. The van der Waals surface area contributed by atoms with Gasteiger partial charge in [0.2, 0.25) is 5.56 Å². The topological polar surface area (TPSA) is 56.6 Å². The Labute approximate surface area is 101 Å². The molecular weight excluding hydrogens is 212 g/mol. The summed E-state index contributed by atoms with van der Waals surface area (Å²) in [5.74, 6) is -0.266. The summed E-state index contributed by atoms with van der Waals surface area (Å²) in [6.45, 7) is 5.79. The van der Waals surface area contributed by atoms with Crippen LogP contribution in [-0.2, 0) is 0 Å². The number of H-pyrrole nitrogens is 1. The molecule has 0 spiro atoms. The minimum absolute atomic E-state index is 0.161. The van der Waals surface area contributed by atoms with Gasteiger partial charge in [0.15, 0.2) is 0 Å². The van der Waals surface area contributed by atoms with Crippen LogP contribution >= 0.6 is 0 Å². The van der Waals surface area contributed by atoms with E-state index in [-0.39, 0.29) is 11.5 Å². The van der Waals surface area contributed by atoms with Crippen LogP contribution in [0.4, 0.5) is 0 Å². The van der Waals surface area contributed by atoms with Crippen LogP contribution in [0.1, 0.15) is 32.3 Å². The minimum Gasteiger partial charge on any atom is -0.322 e. The fourth-order valence-electron chi connectivity index (χ4n) is 1.66. The highest BCUT2D eigenvalue weighted by Gasteiger charge is 2.09. The summed E-state index contributed by atoms with van der Waals surface area (Å²) < 4.78 is 0. The molecule has 0 aliphatic carbocycles. The number of nitriles is 1. The first kappa shape index (κ1) is 13.0. The van der Waals surface area contributed by atoms with Crippen molar-refractivity contribution in [2.45, 2.75) is 26.7 Å². The number of hydrogen-bond acceptors (Lipinski definition) is 2. The van der Waals surface area contributed by atoms with E-state index in [2.05, 4.69) is 11.1 Å². The summed E-state index contributed by atoms with van der Waals surface area (Å²) in [6, 6.07) is 11.2. The standard InChI is InChI=1S/C12H10N2O.C2H6/c1-8(7-13)10-6-12(15)14-11-5-3-2-4-9(10)11;1-2/h2-6,8H,1H3,(H,14,15);1-2H3. The van der Waals surface area contributed by atoms with Gasteiger partial charge in [0, 0.05) is 17.0 Å². The molecule has 88 valence electrons. The molecule has 1 aromatic heterocycles. The molecule has 0 aliphatic heterocycles. The van der Waals surface area contributed by atoms with Gasteiger partial charge in [-0.25, -0.2) is 0 Å². The number of pyridine rings is 1. The lowest BCUT2D eigenvalue weighted by molar-refractivity contribution is 0.985. The second-order valence-corrected chi connectivity index (χ2v) is 3.49. The summed E-state index contributed by atoms with van der Waals surface area (Å²) in [5, 5.41) is 9.81. The van der Waals surface area contributed by atoms with Gasteiger partial charge < -0.3 is 4.98 Å². The summed E-state index contributed by atoms with van der Waals surface area (Å²) in [6.07, 6.45) is 0. The Morgan fingerprint density at radius 2 is 1.94 bits per heavy atom. The van der Waals surface area contributed by atoms with Crippen molar-refractivity contribution >= 4 is 10.9 Å². The molecule has 0 bridgehead atoms. The van der Waals surface area contributed by atoms with Gasteiger partial charge in [-0.15, -0.1) is 0 Å². The van der Waals surface area contributed by atoms with Crippen molar-refractivity contribution in [2.24, 2.45) is 0 Å². The lowest BCUT2D eigenvalue weighted by Crippen LogP contribution is -2.07. The average molecular weight is 228 g/mol. The Morgan fingerprint density at radius 1 is 1.29 bits per heavy atom. The van der Waals surface area contributed by atoms with Crippen LogP contribution in [0.5, 0.6) is 0 Å².